The van der Waals surface area contributed by atoms with Crippen LogP contribution in [0, 0.1) is 5.41 Å². The summed E-state index contributed by atoms with van der Waals surface area (Å²) < 4.78 is 0. The average Bonchev–Trinajstić information content (AvgIpc) is 1.59. The van der Waals surface area contributed by atoms with Crippen LogP contribution >= 0.6 is 0 Å². The molecule has 0 aliphatic carbocycles. The molecule has 0 fully saturated rings. The standard InChI is InChI=1S/C7H17NO/c1-7(2,3)5-6-8(4)9/h9H,5-6H2,1-4H3. The summed E-state index contributed by atoms with van der Waals surface area (Å²) in [7, 11) is 1.67. The molecule has 0 aliphatic rings. The Morgan fingerprint density at radius 3 is 1.89 bits per heavy atom. The summed E-state index contributed by atoms with van der Waals surface area (Å²) in [5.74, 6) is 0. The Bertz CT molecular complexity index is 73.5. The van der Waals surface area contributed by atoms with Gasteiger partial charge in [0.15, 0.2) is 0 Å². The van der Waals surface area contributed by atoms with Crippen molar-refractivity contribution in [1.29, 1.82) is 0 Å². The molecule has 0 rings (SSSR count). The maximum atomic E-state index is 8.75. The van der Waals surface area contributed by atoms with Gasteiger partial charge in [-0.3, -0.25) is 0 Å². The van der Waals surface area contributed by atoms with Crippen LogP contribution in [-0.2, 0) is 0 Å². The van der Waals surface area contributed by atoms with Gasteiger partial charge < -0.3 is 5.21 Å². The maximum absolute atomic E-state index is 8.75. The van der Waals surface area contributed by atoms with Gasteiger partial charge in [0.05, 0.1) is 0 Å². The van der Waals surface area contributed by atoms with Crippen molar-refractivity contribution in [1.82, 2.24) is 5.06 Å². The molecular formula is C7H17NO. The third-order valence-corrected chi connectivity index (χ3v) is 1.19. The Hall–Kier alpha value is -0.0800. The minimum atomic E-state index is 0.330. The number of hydrogen-bond donors (Lipinski definition) is 1. The van der Waals surface area contributed by atoms with Crippen LogP contribution in [0.1, 0.15) is 27.2 Å². The zero-order chi connectivity index (χ0) is 7.49. The lowest BCUT2D eigenvalue weighted by atomic mass is 9.92. The SMILES string of the molecule is CN(O)CCC(C)(C)C. The van der Waals surface area contributed by atoms with Crippen LogP contribution in [-0.4, -0.2) is 23.9 Å². The fraction of sp³-hybridized carbons (Fsp3) is 1.00. The minimum Gasteiger partial charge on any atom is -0.314 e. The molecule has 0 saturated heterocycles. The van der Waals surface area contributed by atoms with Crippen molar-refractivity contribution in [3.05, 3.63) is 0 Å². The van der Waals surface area contributed by atoms with E-state index in [1.165, 1.54) is 5.06 Å². The van der Waals surface area contributed by atoms with E-state index in [1.54, 1.807) is 7.05 Å². The third kappa shape index (κ3) is 7.92. The summed E-state index contributed by atoms with van der Waals surface area (Å²) in [4.78, 5) is 0. The first-order chi connectivity index (χ1) is 3.92. The first kappa shape index (κ1) is 8.92. The zero-order valence-corrected chi connectivity index (χ0v) is 6.81. The van der Waals surface area contributed by atoms with Crippen LogP contribution in [0.4, 0.5) is 0 Å². The lowest BCUT2D eigenvalue weighted by molar-refractivity contribution is -0.0706. The molecule has 0 aromatic carbocycles. The number of hydroxylamine groups is 2. The Balaban J connectivity index is 3.28. The Morgan fingerprint density at radius 2 is 1.78 bits per heavy atom. The molecular weight excluding hydrogens is 114 g/mol. The predicted octanol–water partition coefficient (Wildman–Crippen LogP) is 1.74. The molecule has 56 valence electrons. The summed E-state index contributed by atoms with van der Waals surface area (Å²) in [5, 5.41) is 9.98. The first-order valence-electron chi connectivity index (χ1n) is 3.32. The van der Waals surface area contributed by atoms with Crippen molar-refractivity contribution in [2.45, 2.75) is 27.2 Å². The quantitative estimate of drug-likeness (QED) is 0.577. The molecule has 0 saturated carbocycles. The molecule has 0 unspecified atom stereocenters. The summed E-state index contributed by atoms with van der Waals surface area (Å²) in [6.07, 6.45) is 1.03. The molecule has 1 N–H and O–H groups in total. The van der Waals surface area contributed by atoms with Crippen LogP contribution in [0.15, 0.2) is 0 Å². The van der Waals surface area contributed by atoms with Crippen molar-refractivity contribution < 1.29 is 5.21 Å². The van der Waals surface area contributed by atoms with Gasteiger partial charge >= 0.3 is 0 Å². The zero-order valence-electron chi connectivity index (χ0n) is 6.81. The van der Waals surface area contributed by atoms with Crippen LogP contribution in [0.25, 0.3) is 0 Å². The van der Waals surface area contributed by atoms with Crippen molar-refractivity contribution in [2.24, 2.45) is 5.41 Å². The fourth-order valence-corrected chi connectivity index (χ4v) is 0.497. The molecule has 0 aromatic heterocycles. The molecule has 9 heavy (non-hydrogen) atoms. The van der Waals surface area contributed by atoms with E-state index in [1.807, 2.05) is 0 Å². The topological polar surface area (TPSA) is 23.5 Å². The average molecular weight is 131 g/mol. The van der Waals surface area contributed by atoms with E-state index >= 15 is 0 Å². The van der Waals surface area contributed by atoms with Crippen LogP contribution in [0.5, 0.6) is 0 Å². The largest absolute Gasteiger partial charge is 0.314 e. The highest BCUT2D eigenvalue weighted by molar-refractivity contribution is 4.61. The van der Waals surface area contributed by atoms with Gasteiger partial charge in [-0.05, 0) is 11.8 Å². The molecule has 2 nitrogen and oxygen atoms in total. The van der Waals surface area contributed by atoms with E-state index < -0.39 is 0 Å². The Kier molecular flexibility index (Phi) is 3.15. The van der Waals surface area contributed by atoms with Crippen LogP contribution in [0.2, 0.25) is 0 Å². The number of hydrogen-bond acceptors (Lipinski definition) is 2. The summed E-state index contributed by atoms with van der Waals surface area (Å²) in [6, 6.07) is 0. The molecule has 0 atom stereocenters. The van der Waals surface area contributed by atoms with Gasteiger partial charge in [0, 0.05) is 13.6 Å². The number of rotatable bonds is 2. The van der Waals surface area contributed by atoms with Crippen molar-refractivity contribution in [3.63, 3.8) is 0 Å². The molecule has 0 aliphatic heterocycles. The summed E-state index contributed by atoms with van der Waals surface area (Å²) in [6.45, 7) is 7.24. The minimum absolute atomic E-state index is 0.330. The molecule has 0 aromatic rings. The highest BCUT2D eigenvalue weighted by Crippen LogP contribution is 2.17. The monoisotopic (exact) mass is 131 g/mol. The highest BCUT2D eigenvalue weighted by atomic mass is 16.5. The van der Waals surface area contributed by atoms with Gasteiger partial charge in [0.2, 0.25) is 0 Å². The molecule has 0 heterocycles. The van der Waals surface area contributed by atoms with E-state index in [-0.39, 0.29) is 0 Å². The summed E-state index contributed by atoms with van der Waals surface area (Å²) in [5.41, 5.74) is 0.330. The maximum Gasteiger partial charge on any atom is 0.0240 e. The second-order valence-electron chi connectivity index (χ2n) is 3.69. The lowest BCUT2D eigenvalue weighted by Crippen LogP contribution is -2.19. The molecule has 0 spiro atoms. The number of nitrogens with zero attached hydrogens (tertiary/aromatic N) is 1. The van der Waals surface area contributed by atoms with Gasteiger partial charge in [-0.15, -0.1) is 0 Å². The second kappa shape index (κ2) is 3.18. The summed E-state index contributed by atoms with van der Waals surface area (Å²) >= 11 is 0. The first-order valence-corrected chi connectivity index (χ1v) is 3.32. The van der Waals surface area contributed by atoms with E-state index in [9.17, 15) is 0 Å². The lowest BCUT2D eigenvalue weighted by Gasteiger charge is -2.19. The van der Waals surface area contributed by atoms with Crippen LogP contribution in [0.3, 0.4) is 0 Å². The molecule has 2 heteroatoms. The normalized spacial score (nSPS) is 12.7. The van der Waals surface area contributed by atoms with E-state index in [0.29, 0.717) is 5.41 Å². The van der Waals surface area contributed by atoms with Gasteiger partial charge in [-0.2, -0.15) is 5.06 Å². The van der Waals surface area contributed by atoms with Gasteiger partial charge in [0.1, 0.15) is 0 Å². The van der Waals surface area contributed by atoms with E-state index in [2.05, 4.69) is 20.8 Å². The molecule has 0 bridgehead atoms. The van der Waals surface area contributed by atoms with Crippen molar-refractivity contribution in [3.8, 4) is 0 Å². The van der Waals surface area contributed by atoms with Crippen molar-refractivity contribution in [2.75, 3.05) is 13.6 Å². The predicted molar refractivity (Wildman–Crippen MR) is 38.5 cm³/mol. The van der Waals surface area contributed by atoms with Gasteiger partial charge in [0.25, 0.3) is 0 Å². The third-order valence-electron chi connectivity index (χ3n) is 1.19. The van der Waals surface area contributed by atoms with Gasteiger partial charge in [-0.1, -0.05) is 20.8 Å². The molecule has 0 amide bonds. The van der Waals surface area contributed by atoms with Crippen molar-refractivity contribution >= 4 is 0 Å². The second-order valence-corrected chi connectivity index (χ2v) is 3.69. The Morgan fingerprint density at radius 1 is 1.33 bits per heavy atom. The van der Waals surface area contributed by atoms with Crippen LogP contribution < -0.4 is 0 Å². The van der Waals surface area contributed by atoms with Gasteiger partial charge in [-0.25, -0.2) is 0 Å². The fourth-order valence-electron chi connectivity index (χ4n) is 0.497. The highest BCUT2D eigenvalue weighted by Gasteiger charge is 2.09. The van der Waals surface area contributed by atoms with E-state index in [0.717, 1.165) is 13.0 Å². The molecule has 0 radical (unpaired) electrons. The smallest absolute Gasteiger partial charge is 0.0240 e. The Labute approximate surface area is 57.4 Å². The van der Waals surface area contributed by atoms with E-state index in [4.69, 9.17) is 5.21 Å².